The molecule has 186 valence electrons. The minimum Gasteiger partial charge on any atom is -0.481 e. The molecule has 1 aliphatic heterocycles. The van der Waals surface area contributed by atoms with Crippen molar-refractivity contribution in [2.75, 3.05) is 26.2 Å². The van der Waals surface area contributed by atoms with E-state index in [2.05, 4.69) is 4.74 Å². The highest BCUT2D eigenvalue weighted by atomic mass is 19.4. The molecule has 0 saturated carbocycles. The summed E-state index contributed by atoms with van der Waals surface area (Å²) in [6, 6.07) is 3.39. The van der Waals surface area contributed by atoms with Gasteiger partial charge in [0.15, 0.2) is 0 Å². The van der Waals surface area contributed by atoms with Gasteiger partial charge in [-0.25, -0.2) is 4.79 Å². The number of hydrogen-bond acceptors (Lipinski definition) is 4. The maximum Gasteiger partial charge on any atom is 0.434 e. The number of alkyl halides is 9. The molecule has 1 N–H and O–H groups in total. The van der Waals surface area contributed by atoms with Gasteiger partial charge in [0.05, 0.1) is 12.0 Å². The Morgan fingerprint density at radius 2 is 1.42 bits per heavy atom. The van der Waals surface area contributed by atoms with Gasteiger partial charge in [-0.15, -0.1) is 0 Å². The quantitative estimate of drug-likeness (QED) is 0.623. The first-order valence-electron chi connectivity index (χ1n) is 9.21. The topological polar surface area (TPSA) is 70.1 Å². The largest absolute Gasteiger partial charge is 0.481 e. The van der Waals surface area contributed by atoms with E-state index in [1.807, 2.05) is 0 Å². The van der Waals surface area contributed by atoms with Crippen LogP contribution in [0.3, 0.4) is 0 Å². The van der Waals surface area contributed by atoms with Crippen molar-refractivity contribution in [1.82, 2.24) is 9.80 Å². The van der Waals surface area contributed by atoms with Crippen molar-refractivity contribution in [1.29, 1.82) is 0 Å². The third-order valence-electron chi connectivity index (χ3n) is 4.70. The first-order valence-corrected chi connectivity index (χ1v) is 9.21. The standard InChI is InChI=1S/C18H17F9N2O4/c19-16(20,21)13-10(8-12(30)31)2-1-3-11(13)9-28-4-6-29(7-5-28)15(32)33-14(17(22,23)24)18(25,26)27/h1-3,14H,4-9H2,(H,30,31). The predicted molar refractivity (Wildman–Crippen MR) is 92.0 cm³/mol. The Hall–Kier alpha value is -2.71. The van der Waals surface area contributed by atoms with Crippen molar-refractivity contribution < 1.29 is 58.9 Å². The molecule has 0 spiro atoms. The summed E-state index contributed by atoms with van der Waals surface area (Å²) in [5, 5.41) is 8.85. The monoisotopic (exact) mass is 496 g/mol. The summed E-state index contributed by atoms with van der Waals surface area (Å²) in [6.07, 6.45) is -23.6. The van der Waals surface area contributed by atoms with E-state index in [0.29, 0.717) is 4.90 Å². The number of piperazine rings is 1. The van der Waals surface area contributed by atoms with Crippen molar-refractivity contribution in [3.63, 3.8) is 0 Å². The third kappa shape index (κ3) is 7.14. The number of carbonyl (C=O) groups excluding carboxylic acids is 1. The second kappa shape index (κ2) is 9.65. The molecule has 1 aliphatic rings. The van der Waals surface area contributed by atoms with Gasteiger partial charge in [-0.1, -0.05) is 18.2 Å². The van der Waals surface area contributed by atoms with E-state index in [9.17, 15) is 49.1 Å². The fourth-order valence-corrected chi connectivity index (χ4v) is 3.28. The van der Waals surface area contributed by atoms with Crippen molar-refractivity contribution in [3.8, 4) is 0 Å². The zero-order valence-corrected chi connectivity index (χ0v) is 16.5. The van der Waals surface area contributed by atoms with Crippen LogP contribution in [0.2, 0.25) is 0 Å². The van der Waals surface area contributed by atoms with E-state index < -0.39 is 67.3 Å². The summed E-state index contributed by atoms with van der Waals surface area (Å²) in [5.74, 6) is -1.47. The summed E-state index contributed by atoms with van der Waals surface area (Å²) in [5.41, 5.74) is -1.85. The highest BCUT2D eigenvalue weighted by Gasteiger charge is 2.60. The van der Waals surface area contributed by atoms with Crippen molar-refractivity contribution >= 4 is 12.1 Å². The molecule has 1 amide bonds. The Balaban J connectivity index is 2.08. The van der Waals surface area contributed by atoms with Crippen LogP contribution >= 0.6 is 0 Å². The van der Waals surface area contributed by atoms with E-state index >= 15 is 0 Å². The van der Waals surface area contributed by atoms with Crippen LogP contribution < -0.4 is 0 Å². The van der Waals surface area contributed by atoms with Gasteiger partial charge < -0.3 is 14.7 Å². The molecular formula is C18H17F9N2O4. The van der Waals surface area contributed by atoms with E-state index in [4.69, 9.17) is 5.11 Å². The molecule has 6 nitrogen and oxygen atoms in total. The van der Waals surface area contributed by atoms with Crippen LogP contribution in [0, 0.1) is 0 Å². The lowest BCUT2D eigenvalue weighted by Gasteiger charge is -2.35. The third-order valence-corrected chi connectivity index (χ3v) is 4.70. The van der Waals surface area contributed by atoms with E-state index in [1.54, 1.807) is 0 Å². The molecule has 0 aromatic heterocycles. The molecule has 0 atom stereocenters. The second-order valence-electron chi connectivity index (χ2n) is 7.13. The summed E-state index contributed by atoms with van der Waals surface area (Å²) < 4.78 is 119. The smallest absolute Gasteiger partial charge is 0.434 e. The summed E-state index contributed by atoms with van der Waals surface area (Å²) in [6.45, 7) is -1.45. The van der Waals surface area contributed by atoms with Gasteiger partial charge in [0.25, 0.3) is 6.10 Å². The lowest BCUT2D eigenvalue weighted by Crippen LogP contribution is -2.52. The number of nitrogens with zero attached hydrogens (tertiary/aromatic N) is 2. The molecule has 15 heteroatoms. The lowest BCUT2D eigenvalue weighted by atomic mass is 9.97. The molecule has 0 bridgehead atoms. The number of carboxylic acid groups (broad SMARTS) is 1. The molecule has 0 aliphatic carbocycles. The van der Waals surface area contributed by atoms with Gasteiger partial charge in [-0.05, 0) is 11.1 Å². The maximum absolute atomic E-state index is 13.5. The summed E-state index contributed by atoms with van der Waals surface area (Å²) in [4.78, 5) is 24.6. The molecule has 2 rings (SSSR count). The molecular weight excluding hydrogens is 479 g/mol. The number of carboxylic acids is 1. The molecule has 1 fully saturated rings. The molecule has 1 heterocycles. The van der Waals surface area contributed by atoms with Gasteiger partial charge in [-0.3, -0.25) is 9.69 Å². The molecule has 0 unspecified atom stereocenters. The van der Waals surface area contributed by atoms with Crippen LogP contribution in [0.4, 0.5) is 44.3 Å². The number of ether oxygens (including phenoxy) is 1. The van der Waals surface area contributed by atoms with Crippen LogP contribution in [-0.4, -0.2) is 71.6 Å². The Kier molecular flexibility index (Phi) is 7.76. The Morgan fingerprint density at radius 1 is 0.909 bits per heavy atom. The average molecular weight is 496 g/mol. The zero-order valence-electron chi connectivity index (χ0n) is 16.5. The van der Waals surface area contributed by atoms with Crippen LogP contribution in [0.5, 0.6) is 0 Å². The number of benzene rings is 1. The summed E-state index contributed by atoms with van der Waals surface area (Å²) >= 11 is 0. The van der Waals surface area contributed by atoms with Crippen molar-refractivity contribution in [2.24, 2.45) is 0 Å². The molecule has 1 aromatic rings. The Labute approximate surface area is 180 Å². The Bertz CT molecular complexity index is 846. The SMILES string of the molecule is O=C(O)Cc1cccc(CN2CCN(C(=O)OC(C(F)(F)F)C(F)(F)F)CC2)c1C(F)(F)F. The number of amides is 1. The maximum atomic E-state index is 13.5. The number of rotatable bonds is 5. The van der Waals surface area contributed by atoms with Gasteiger partial charge in [0.1, 0.15) is 0 Å². The normalized spacial score (nSPS) is 16.2. The average Bonchev–Trinajstić information content (AvgIpc) is 2.63. The minimum atomic E-state index is -5.87. The number of halogens is 9. The highest BCUT2D eigenvalue weighted by molar-refractivity contribution is 5.71. The van der Waals surface area contributed by atoms with Crippen molar-refractivity contribution in [3.05, 3.63) is 34.9 Å². The second-order valence-corrected chi connectivity index (χ2v) is 7.13. The van der Waals surface area contributed by atoms with Gasteiger partial charge in [0.2, 0.25) is 0 Å². The molecule has 1 aromatic carbocycles. The predicted octanol–water partition coefficient (Wildman–Crippen LogP) is 4.08. The fraction of sp³-hybridized carbons (Fsp3) is 0.556. The van der Waals surface area contributed by atoms with Gasteiger partial charge in [0, 0.05) is 32.7 Å². The van der Waals surface area contributed by atoms with Crippen LogP contribution in [0.15, 0.2) is 18.2 Å². The highest BCUT2D eigenvalue weighted by Crippen LogP contribution is 2.37. The van der Waals surface area contributed by atoms with Crippen molar-refractivity contribution in [2.45, 2.75) is 37.6 Å². The van der Waals surface area contributed by atoms with Crippen LogP contribution in [0.25, 0.3) is 0 Å². The Morgan fingerprint density at radius 3 is 1.88 bits per heavy atom. The lowest BCUT2D eigenvalue weighted by molar-refractivity contribution is -0.308. The van der Waals surface area contributed by atoms with E-state index in [0.717, 1.165) is 12.1 Å². The first-order chi connectivity index (χ1) is 15.0. The summed E-state index contributed by atoms with van der Waals surface area (Å²) in [7, 11) is 0. The first kappa shape index (κ1) is 26.5. The van der Waals surface area contributed by atoms with E-state index in [-0.39, 0.29) is 25.2 Å². The number of aliphatic carboxylic acids is 1. The van der Waals surface area contributed by atoms with Gasteiger partial charge in [-0.2, -0.15) is 39.5 Å². The molecule has 0 radical (unpaired) electrons. The van der Waals surface area contributed by atoms with Gasteiger partial charge >= 0.3 is 30.6 Å². The number of carbonyl (C=O) groups is 2. The fourth-order valence-electron chi connectivity index (χ4n) is 3.28. The van der Waals surface area contributed by atoms with E-state index in [1.165, 1.54) is 11.0 Å². The molecule has 33 heavy (non-hydrogen) atoms. The number of hydrogen-bond donors (Lipinski definition) is 1. The zero-order chi connectivity index (χ0) is 25.2. The van der Waals surface area contributed by atoms with Crippen LogP contribution in [-0.2, 0) is 28.7 Å². The molecule has 1 saturated heterocycles. The minimum absolute atomic E-state index is 0.168. The van der Waals surface area contributed by atoms with Crippen LogP contribution in [0.1, 0.15) is 16.7 Å².